The molecular formula is C18H16N2S. The van der Waals surface area contributed by atoms with Gasteiger partial charge in [0.15, 0.2) is 0 Å². The Kier molecular flexibility index (Phi) is 3.00. The highest BCUT2D eigenvalue weighted by atomic mass is 32.1. The first kappa shape index (κ1) is 12.6. The second-order valence-corrected chi connectivity index (χ2v) is 6.50. The fourth-order valence-corrected chi connectivity index (χ4v) is 4.28. The second-order valence-electron chi connectivity index (χ2n) is 5.37. The van der Waals surface area contributed by atoms with Gasteiger partial charge in [0.1, 0.15) is 0 Å². The first-order valence-electron chi connectivity index (χ1n) is 7.25. The highest BCUT2D eigenvalue weighted by Gasteiger charge is 2.23. The number of nitrogen functional groups attached to an aromatic ring is 1. The minimum absolute atomic E-state index is 0.885. The van der Waals surface area contributed by atoms with E-state index < -0.39 is 0 Å². The summed E-state index contributed by atoms with van der Waals surface area (Å²) in [6.45, 7) is 0. The van der Waals surface area contributed by atoms with Crippen molar-refractivity contribution in [3.63, 3.8) is 0 Å². The number of pyridine rings is 1. The van der Waals surface area contributed by atoms with E-state index in [0.717, 1.165) is 29.1 Å². The van der Waals surface area contributed by atoms with Crippen LogP contribution >= 0.6 is 11.3 Å². The summed E-state index contributed by atoms with van der Waals surface area (Å²) in [5.74, 6) is 0. The second kappa shape index (κ2) is 5.01. The average molecular weight is 292 g/mol. The number of nitrogens with two attached hydrogens (primary N) is 1. The van der Waals surface area contributed by atoms with Crippen LogP contribution in [0.1, 0.15) is 16.9 Å². The maximum atomic E-state index is 6.34. The molecule has 2 heterocycles. The number of benzene rings is 1. The molecule has 2 N–H and O–H groups in total. The van der Waals surface area contributed by atoms with Crippen molar-refractivity contribution in [2.45, 2.75) is 19.3 Å². The lowest BCUT2D eigenvalue weighted by Gasteiger charge is -2.09. The molecule has 0 saturated carbocycles. The maximum Gasteiger partial charge on any atom is 0.0961 e. The Balaban J connectivity index is 2.03. The van der Waals surface area contributed by atoms with Crippen LogP contribution in [0.5, 0.6) is 0 Å². The van der Waals surface area contributed by atoms with Crippen LogP contribution in [-0.2, 0) is 12.8 Å². The standard InChI is InChI=1S/C18H16N2S/c19-18-17(14-9-3-4-11-20-14)16-13-8-2-1-6-12(13)7-5-10-15(16)21-18/h1-4,6,8-9,11H,5,7,10,19H2. The zero-order valence-corrected chi connectivity index (χ0v) is 12.5. The Bertz CT molecular complexity index is 790. The number of rotatable bonds is 1. The number of anilines is 1. The SMILES string of the molecule is Nc1sc2c(c1-c1ccccn1)-c1ccccc1CCC2. The molecular weight excluding hydrogens is 276 g/mol. The summed E-state index contributed by atoms with van der Waals surface area (Å²) in [6.07, 6.45) is 5.26. The summed E-state index contributed by atoms with van der Waals surface area (Å²) < 4.78 is 0. The first-order chi connectivity index (χ1) is 10.3. The Morgan fingerprint density at radius 1 is 0.952 bits per heavy atom. The van der Waals surface area contributed by atoms with Crippen molar-refractivity contribution in [2.75, 3.05) is 5.73 Å². The van der Waals surface area contributed by atoms with Crippen LogP contribution in [0, 0.1) is 0 Å². The molecule has 1 aliphatic rings. The third-order valence-corrected chi connectivity index (χ3v) is 5.14. The minimum atomic E-state index is 0.885. The van der Waals surface area contributed by atoms with Crippen molar-refractivity contribution < 1.29 is 0 Å². The molecule has 0 spiro atoms. The molecule has 3 aromatic rings. The van der Waals surface area contributed by atoms with Crippen molar-refractivity contribution >= 4 is 16.3 Å². The van der Waals surface area contributed by atoms with Crippen LogP contribution in [0.4, 0.5) is 5.00 Å². The molecule has 3 heteroatoms. The Labute approximate surface area is 128 Å². The van der Waals surface area contributed by atoms with Gasteiger partial charge >= 0.3 is 0 Å². The molecule has 0 saturated heterocycles. The van der Waals surface area contributed by atoms with Gasteiger partial charge in [0.2, 0.25) is 0 Å². The van der Waals surface area contributed by atoms with Gasteiger partial charge in [-0.2, -0.15) is 0 Å². The Morgan fingerprint density at radius 3 is 2.67 bits per heavy atom. The number of hydrogen-bond acceptors (Lipinski definition) is 3. The van der Waals surface area contributed by atoms with Gasteiger partial charge in [0.25, 0.3) is 0 Å². The van der Waals surface area contributed by atoms with E-state index in [4.69, 9.17) is 5.73 Å². The number of aromatic nitrogens is 1. The summed E-state index contributed by atoms with van der Waals surface area (Å²) in [6, 6.07) is 14.7. The van der Waals surface area contributed by atoms with Crippen LogP contribution in [0.2, 0.25) is 0 Å². The van der Waals surface area contributed by atoms with Crippen molar-refractivity contribution in [3.05, 3.63) is 59.1 Å². The largest absolute Gasteiger partial charge is 0.390 e. The molecule has 0 fully saturated rings. The minimum Gasteiger partial charge on any atom is -0.390 e. The van der Waals surface area contributed by atoms with Gasteiger partial charge < -0.3 is 5.73 Å². The van der Waals surface area contributed by atoms with Crippen molar-refractivity contribution in [1.82, 2.24) is 4.98 Å². The molecule has 1 aromatic carbocycles. The van der Waals surface area contributed by atoms with Gasteiger partial charge in [-0.05, 0) is 42.5 Å². The van der Waals surface area contributed by atoms with Gasteiger partial charge in [-0.1, -0.05) is 30.3 Å². The van der Waals surface area contributed by atoms with E-state index in [1.807, 2.05) is 24.4 Å². The fraction of sp³-hybridized carbons (Fsp3) is 0.167. The summed E-state index contributed by atoms with van der Waals surface area (Å²) in [7, 11) is 0. The molecule has 0 radical (unpaired) electrons. The van der Waals surface area contributed by atoms with E-state index in [1.54, 1.807) is 11.3 Å². The number of fused-ring (bicyclic) bond motifs is 3. The molecule has 1 aliphatic carbocycles. The quantitative estimate of drug-likeness (QED) is 0.714. The number of hydrogen-bond donors (Lipinski definition) is 1. The van der Waals surface area contributed by atoms with Crippen molar-refractivity contribution in [2.24, 2.45) is 0 Å². The van der Waals surface area contributed by atoms with Crippen LogP contribution in [0.25, 0.3) is 22.4 Å². The molecule has 4 rings (SSSR count). The molecule has 0 aliphatic heterocycles. The summed E-state index contributed by atoms with van der Waals surface area (Å²) in [4.78, 5) is 5.92. The van der Waals surface area contributed by atoms with Crippen molar-refractivity contribution in [3.8, 4) is 22.4 Å². The summed E-state index contributed by atoms with van der Waals surface area (Å²) in [5, 5.41) is 0.885. The molecule has 21 heavy (non-hydrogen) atoms. The Hall–Kier alpha value is -2.13. The maximum absolute atomic E-state index is 6.34. The molecule has 0 unspecified atom stereocenters. The lowest BCUT2D eigenvalue weighted by molar-refractivity contribution is 0.844. The van der Waals surface area contributed by atoms with Gasteiger partial charge in [-0.25, -0.2) is 0 Å². The smallest absolute Gasteiger partial charge is 0.0961 e. The Morgan fingerprint density at radius 2 is 1.81 bits per heavy atom. The van der Waals surface area contributed by atoms with Gasteiger partial charge in [-0.3, -0.25) is 4.98 Å². The van der Waals surface area contributed by atoms with E-state index >= 15 is 0 Å². The molecule has 0 atom stereocenters. The summed E-state index contributed by atoms with van der Waals surface area (Å²) >= 11 is 1.73. The fourth-order valence-electron chi connectivity index (χ4n) is 3.14. The van der Waals surface area contributed by atoms with Crippen molar-refractivity contribution in [1.29, 1.82) is 0 Å². The van der Waals surface area contributed by atoms with Gasteiger partial charge in [0.05, 0.1) is 10.7 Å². The normalized spacial score (nSPS) is 13.3. The predicted octanol–water partition coefficient (Wildman–Crippen LogP) is 4.55. The van der Waals surface area contributed by atoms with E-state index in [-0.39, 0.29) is 0 Å². The van der Waals surface area contributed by atoms with Gasteiger partial charge in [0, 0.05) is 22.2 Å². The number of nitrogens with zero attached hydrogens (tertiary/aromatic N) is 1. The molecule has 2 nitrogen and oxygen atoms in total. The van der Waals surface area contributed by atoms with Crippen LogP contribution < -0.4 is 5.73 Å². The zero-order chi connectivity index (χ0) is 14.2. The molecule has 0 amide bonds. The van der Waals surface area contributed by atoms with Crippen LogP contribution in [0.15, 0.2) is 48.7 Å². The predicted molar refractivity (Wildman–Crippen MR) is 89.4 cm³/mol. The molecule has 0 bridgehead atoms. The topological polar surface area (TPSA) is 38.9 Å². The lowest BCUT2D eigenvalue weighted by Crippen LogP contribution is -1.91. The zero-order valence-electron chi connectivity index (χ0n) is 11.7. The highest BCUT2D eigenvalue weighted by Crippen LogP contribution is 2.47. The monoisotopic (exact) mass is 292 g/mol. The van der Waals surface area contributed by atoms with E-state index in [9.17, 15) is 0 Å². The van der Waals surface area contributed by atoms with E-state index in [2.05, 4.69) is 29.2 Å². The van der Waals surface area contributed by atoms with E-state index in [1.165, 1.54) is 28.0 Å². The highest BCUT2D eigenvalue weighted by molar-refractivity contribution is 7.17. The first-order valence-corrected chi connectivity index (χ1v) is 8.07. The van der Waals surface area contributed by atoms with Crippen LogP contribution in [-0.4, -0.2) is 4.98 Å². The third kappa shape index (κ3) is 2.05. The molecule has 2 aromatic heterocycles. The number of aryl methyl sites for hydroxylation is 2. The van der Waals surface area contributed by atoms with E-state index in [0.29, 0.717) is 0 Å². The average Bonchev–Trinajstić information content (AvgIpc) is 2.74. The lowest BCUT2D eigenvalue weighted by atomic mass is 9.95. The summed E-state index contributed by atoms with van der Waals surface area (Å²) in [5.41, 5.74) is 12.5. The number of thiophene rings is 1. The molecule has 104 valence electrons. The third-order valence-electron chi connectivity index (χ3n) is 4.07. The van der Waals surface area contributed by atoms with Gasteiger partial charge in [-0.15, -0.1) is 11.3 Å². The van der Waals surface area contributed by atoms with Crippen LogP contribution in [0.3, 0.4) is 0 Å².